The molecule has 7 nitrogen and oxygen atoms in total. The third kappa shape index (κ3) is 5.74. The molecule has 1 saturated heterocycles. The minimum absolute atomic E-state index is 0.210. The first-order valence-electron chi connectivity index (χ1n) is 10.9. The Morgan fingerprint density at radius 1 is 1.27 bits per heavy atom. The first-order chi connectivity index (χ1) is 14.3. The van der Waals surface area contributed by atoms with Crippen molar-refractivity contribution in [3.63, 3.8) is 0 Å². The fourth-order valence-electron chi connectivity index (χ4n) is 3.79. The number of unbranched alkanes of at least 4 members (excludes halogenated alkanes) is 1. The van der Waals surface area contributed by atoms with Gasteiger partial charge in [-0.2, -0.15) is 0 Å². The van der Waals surface area contributed by atoms with Crippen molar-refractivity contribution in [3.05, 3.63) is 29.3 Å². The number of nitrogens with zero attached hydrogens (tertiary/aromatic N) is 1. The van der Waals surface area contributed by atoms with Gasteiger partial charge in [-0.25, -0.2) is 4.79 Å². The zero-order valence-electron chi connectivity index (χ0n) is 18.8. The van der Waals surface area contributed by atoms with E-state index >= 15 is 0 Å². The maximum atomic E-state index is 13.0. The van der Waals surface area contributed by atoms with Crippen molar-refractivity contribution in [3.8, 4) is 0 Å². The molecule has 0 spiro atoms. The molecule has 0 saturated carbocycles. The molecule has 1 aliphatic rings. The van der Waals surface area contributed by atoms with E-state index in [2.05, 4.69) is 10.6 Å². The fourth-order valence-corrected chi connectivity index (χ4v) is 3.79. The zero-order chi connectivity index (χ0) is 22.3. The van der Waals surface area contributed by atoms with Gasteiger partial charge in [-0.3, -0.25) is 9.59 Å². The van der Waals surface area contributed by atoms with Crippen LogP contribution in [-0.4, -0.2) is 55.0 Å². The highest BCUT2D eigenvalue weighted by atomic mass is 16.5. The number of anilines is 1. The van der Waals surface area contributed by atoms with Gasteiger partial charge in [0.2, 0.25) is 5.91 Å². The van der Waals surface area contributed by atoms with Crippen LogP contribution < -0.4 is 10.6 Å². The van der Waals surface area contributed by atoms with E-state index in [9.17, 15) is 14.4 Å². The molecule has 0 radical (unpaired) electrons. The van der Waals surface area contributed by atoms with Crippen LogP contribution in [0, 0.1) is 5.92 Å². The van der Waals surface area contributed by atoms with Gasteiger partial charge in [-0.05, 0) is 55.9 Å². The summed E-state index contributed by atoms with van der Waals surface area (Å²) < 4.78 is 5.35. The Kier molecular flexibility index (Phi) is 8.69. The van der Waals surface area contributed by atoms with E-state index in [1.807, 2.05) is 40.0 Å². The Morgan fingerprint density at radius 2 is 2.00 bits per heavy atom. The van der Waals surface area contributed by atoms with E-state index in [0.717, 1.165) is 30.5 Å². The lowest BCUT2D eigenvalue weighted by molar-refractivity contribution is -0.153. The maximum absolute atomic E-state index is 13.0. The van der Waals surface area contributed by atoms with Gasteiger partial charge in [0.05, 0.1) is 6.61 Å². The molecular weight excluding hydrogens is 382 g/mol. The zero-order valence-corrected chi connectivity index (χ0v) is 18.8. The molecule has 2 rings (SSSR count). The van der Waals surface area contributed by atoms with Crippen molar-refractivity contribution < 1.29 is 19.1 Å². The lowest BCUT2D eigenvalue weighted by Gasteiger charge is -2.26. The van der Waals surface area contributed by atoms with Crippen LogP contribution in [0.2, 0.25) is 0 Å². The summed E-state index contributed by atoms with van der Waals surface area (Å²) in [6.45, 7) is 8.59. The number of nitrogens with one attached hydrogen (secondary N) is 2. The molecule has 0 bridgehead atoms. The van der Waals surface area contributed by atoms with E-state index in [1.165, 1.54) is 0 Å². The van der Waals surface area contributed by atoms with Crippen molar-refractivity contribution in [2.45, 2.75) is 65.5 Å². The van der Waals surface area contributed by atoms with Gasteiger partial charge in [0, 0.05) is 24.8 Å². The van der Waals surface area contributed by atoms with Crippen LogP contribution in [-0.2, 0) is 20.7 Å². The van der Waals surface area contributed by atoms with Gasteiger partial charge >= 0.3 is 5.97 Å². The number of aryl methyl sites for hydroxylation is 1. The van der Waals surface area contributed by atoms with Crippen molar-refractivity contribution in [1.82, 2.24) is 10.2 Å². The summed E-state index contributed by atoms with van der Waals surface area (Å²) in [5.74, 6) is -0.702. The minimum atomic E-state index is -0.734. The van der Waals surface area contributed by atoms with Gasteiger partial charge < -0.3 is 20.3 Å². The van der Waals surface area contributed by atoms with Gasteiger partial charge in [-0.1, -0.05) is 27.2 Å². The summed E-state index contributed by atoms with van der Waals surface area (Å²) in [4.78, 5) is 39.8. The molecule has 0 aliphatic carbocycles. The van der Waals surface area contributed by atoms with E-state index in [4.69, 9.17) is 4.74 Å². The number of esters is 1. The lowest BCUT2D eigenvalue weighted by atomic mass is 10.1. The summed E-state index contributed by atoms with van der Waals surface area (Å²) in [5, 5.41) is 5.90. The normalized spacial score (nSPS) is 19.3. The number of ether oxygens (including phenoxy) is 1. The molecule has 2 amide bonds. The van der Waals surface area contributed by atoms with Crippen LogP contribution in [0.25, 0.3) is 0 Å². The molecule has 2 N–H and O–H groups in total. The monoisotopic (exact) mass is 417 g/mol. The van der Waals surface area contributed by atoms with Crippen LogP contribution in [0.3, 0.4) is 0 Å². The van der Waals surface area contributed by atoms with Crippen LogP contribution in [0.5, 0.6) is 0 Å². The van der Waals surface area contributed by atoms with E-state index in [-0.39, 0.29) is 23.7 Å². The van der Waals surface area contributed by atoms with Gasteiger partial charge in [0.25, 0.3) is 5.91 Å². The highest BCUT2D eigenvalue weighted by molar-refractivity contribution is 5.98. The Morgan fingerprint density at radius 3 is 2.63 bits per heavy atom. The summed E-state index contributed by atoms with van der Waals surface area (Å²) in [7, 11) is 1.84. The Hall–Kier alpha value is -2.57. The molecule has 1 heterocycles. The van der Waals surface area contributed by atoms with Gasteiger partial charge in [0.1, 0.15) is 12.1 Å². The number of hydrogen-bond acceptors (Lipinski definition) is 5. The highest BCUT2D eigenvalue weighted by Gasteiger charge is 2.40. The molecule has 1 aliphatic heterocycles. The number of carbonyl (C=O) groups is 3. The van der Waals surface area contributed by atoms with Crippen LogP contribution >= 0.6 is 0 Å². The van der Waals surface area contributed by atoms with E-state index < -0.39 is 12.1 Å². The summed E-state index contributed by atoms with van der Waals surface area (Å²) in [5.41, 5.74) is 2.52. The van der Waals surface area contributed by atoms with E-state index in [0.29, 0.717) is 25.1 Å². The largest absolute Gasteiger partial charge is 0.464 e. The third-order valence-corrected chi connectivity index (χ3v) is 5.54. The molecule has 1 aromatic rings. The first-order valence-corrected chi connectivity index (χ1v) is 10.9. The fraction of sp³-hybridized carbons (Fsp3) is 0.609. The first kappa shape index (κ1) is 23.7. The van der Waals surface area contributed by atoms with Crippen molar-refractivity contribution in [2.24, 2.45) is 5.92 Å². The summed E-state index contributed by atoms with van der Waals surface area (Å²) >= 11 is 0. The van der Waals surface area contributed by atoms with E-state index in [1.54, 1.807) is 17.9 Å². The molecule has 3 unspecified atom stereocenters. The van der Waals surface area contributed by atoms with Crippen LogP contribution in [0.4, 0.5) is 5.69 Å². The highest BCUT2D eigenvalue weighted by Crippen LogP contribution is 2.25. The second kappa shape index (κ2) is 11.0. The predicted octanol–water partition coefficient (Wildman–Crippen LogP) is 2.99. The second-order valence-corrected chi connectivity index (χ2v) is 8.04. The van der Waals surface area contributed by atoms with Crippen molar-refractivity contribution in [1.29, 1.82) is 0 Å². The number of amides is 2. The summed E-state index contributed by atoms with van der Waals surface area (Å²) in [6, 6.07) is 4.13. The topological polar surface area (TPSA) is 87.7 Å². The Balaban J connectivity index is 2.04. The van der Waals surface area contributed by atoms with Gasteiger partial charge in [-0.15, -0.1) is 0 Å². The Labute approximate surface area is 179 Å². The average Bonchev–Trinajstić information content (AvgIpc) is 3.14. The smallest absolute Gasteiger partial charge is 0.328 e. The molecule has 30 heavy (non-hydrogen) atoms. The van der Waals surface area contributed by atoms with Crippen LogP contribution in [0.15, 0.2) is 18.2 Å². The average molecular weight is 418 g/mol. The second-order valence-electron chi connectivity index (χ2n) is 8.04. The molecule has 166 valence electrons. The van der Waals surface area contributed by atoms with Crippen molar-refractivity contribution >= 4 is 23.5 Å². The number of hydrogen-bond donors (Lipinski definition) is 2. The number of benzene rings is 1. The SMILES string of the molecule is CCCCOC(=O)C1CC(C)CN1C(=O)C(C)NC(=O)c1ccc(NC)c(CC)c1. The molecule has 1 aromatic carbocycles. The molecule has 3 atom stereocenters. The Bertz CT molecular complexity index is 765. The molecule has 1 fully saturated rings. The number of carbonyl (C=O) groups excluding carboxylic acids is 3. The van der Waals surface area contributed by atoms with Gasteiger partial charge in [0.15, 0.2) is 0 Å². The maximum Gasteiger partial charge on any atom is 0.328 e. The number of likely N-dealkylation sites (tertiary alicyclic amines) is 1. The van der Waals surface area contributed by atoms with Crippen molar-refractivity contribution in [2.75, 3.05) is 25.5 Å². The predicted molar refractivity (Wildman–Crippen MR) is 117 cm³/mol. The lowest BCUT2D eigenvalue weighted by Crippen LogP contribution is -2.50. The number of rotatable bonds is 9. The summed E-state index contributed by atoms with van der Waals surface area (Å²) in [6.07, 6.45) is 3.12. The third-order valence-electron chi connectivity index (χ3n) is 5.54. The standard InChI is InChI=1S/C23H35N3O4/c1-6-8-11-30-23(29)20-12-15(3)14-26(20)22(28)16(4)25-21(27)18-9-10-19(24-5)17(7-2)13-18/h9-10,13,15-16,20,24H,6-8,11-12,14H2,1-5H3,(H,25,27). The molecule has 7 heteroatoms. The molecule has 0 aromatic heterocycles. The van der Waals surface area contributed by atoms with Crippen LogP contribution in [0.1, 0.15) is 62.9 Å². The quantitative estimate of drug-likeness (QED) is 0.476. The molecular formula is C23H35N3O4. The minimum Gasteiger partial charge on any atom is -0.464 e.